The average molecular weight is 561 g/mol. The summed E-state index contributed by atoms with van der Waals surface area (Å²) >= 11 is 6.36. The van der Waals surface area contributed by atoms with Gasteiger partial charge in [0, 0.05) is 20.1 Å². The number of nitrogens with zero attached hydrogens (tertiary/aromatic N) is 2. The lowest BCUT2D eigenvalue weighted by molar-refractivity contribution is -0.132. The van der Waals surface area contributed by atoms with Crippen LogP contribution in [-0.4, -0.2) is 60.8 Å². The molecule has 0 aromatic heterocycles. The Kier molecular flexibility index (Phi) is 8.23. The fourth-order valence-electron chi connectivity index (χ4n) is 4.28. The van der Waals surface area contributed by atoms with Crippen LogP contribution in [0, 0.1) is 0 Å². The minimum absolute atomic E-state index is 0.0531. The number of hydrogen-bond donors (Lipinski definition) is 0. The minimum atomic E-state index is -3.80. The topological polar surface area (TPSA) is 94.6 Å². The third kappa shape index (κ3) is 5.46. The van der Waals surface area contributed by atoms with Crippen molar-refractivity contribution in [2.24, 2.45) is 0 Å². The summed E-state index contributed by atoms with van der Waals surface area (Å²) in [5.41, 5.74) is 2.42. The van der Waals surface area contributed by atoms with E-state index in [1.165, 1.54) is 48.7 Å². The van der Waals surface area contributed by atoms with Gasteiger partial charge in [0.2, 0.25) is 5.75 Å². The Morgan fingerprint density at radius 1 is 0.974 bits per heavy atom. The molecule has 3 aromatic carbocycles. The molecule has 0 unspecified atom stereocenters. The molecule has 1 amide bonds. The summed E-state index contributed by atoms with van der Waals surface area (Å²) in [5, 5.41) is 0.0960. The van der Waals surface area contributed by atoms with Crippen LogP contribution in [-0.2, 0) is 27.8 Å². The van der Waals surface area contributed by atoms with E-state index >= 15 is 0 Å². The lowest BCUT2D eigenvalue weighted by Crippen LogP contribution is -2.31. The normalized spacial score (nSPS) is 12.6. The van der Waals surface area contributed by atoms with Crippen molar-refractivity contribution in [3.63, 3.8) is 0 Å². The van der Waals surface area contributed by atoms with Crippen LogP contribution >= 0.6 is 11.6 Å². The second-order valence-corrected chi connectivity index (χ2v) is 10.9. The first-order chi connectivity index (χ1) is 18.2. The van der Waals surface area contributed by atoms with Gasteiger partial charge >= 0.3 is 0 Å². The fraction of sp³-hybridized carbons (Fsp3) is 0.296. The number of para-hydroxylation sites is 1. The highest BCUT2D eigenvalue weighted by atomic mass is 35.5. The van der Waals surface area contributed by atoms with Crippen LogP contribution in [0.5, 0.6) is 23.0 Å². The number of sulfonamides is 1. The molecule has 11 heteroatoms. The van der Waals surface area contributed by atoms with Crippen molar-refractivity contribution >= 4 is 33.2 Å². The van der Waals surface area contributed by atoms with E-state index in [1.807, 2.05) is 18.2 Å². The van der Waals surface area contributed by atoms with Crippen LogP contribution < -0.4 is 23.3 Å². The van der Waals surface area contributed by atoms with Gasteiger partial charge in [-0.1, -0.05) is 29.8 Å². The van der Waals surface area contributed by atoms with Crippen LogP contribution in [0.15, 0.2) is 59.5 Å². The molecule has 3 aromatic rings. The summed E-state index contributed by atoms with van der Waals surface area (Å²) in [6.07, 6.45) is 0.649. The van der Waals surface area contributed by atoms with Crippen LogP contribution in [0.3, 0.4) is 0 Å². The predicted octanol–water partition coefficient (Wildman–Crippen LogP) is 4.15. The Hall–Kier alpha value is -3.63. The molecule has 0 aliphatic carbocycles. The molecule has 0 N–H and O–H groups in total. The van der Waals surface area contributed by atoms with Crippen molar-refractivity contribution in [1.82, 2.24) is 4.90 Å². The number of methoxy groups -OCH3 is 3. The molecule has 202 valence electrons. The van der Waals surface area contributed by atoms with Crippen LogP contribution in [0.1, 0.15) is 11.1 Å². The highest BCUT2D eigenvalue weighted by molar-refractivity contribution is 7.92. The highest BCUT2D eigenvalue weighted by Crippen LogP contribution is 2.38. The van der Waals surface area contributed by atoms with Gasteiger partial charge in [-0.05, 0) is 53.9 Å². The van der Waals surface area contributed by atoms with E-state index < -0.39 is 10.0 Å². The third-order valence-electron chi connectivity index (χ3n) is 6.26. The Balaban J connectivity index is 1.42. The first-order valence-corrected chi connectivity index (χ1v) is 13.6. The molecule has 0 fully saturated rings. The van der Waals surface area contributed by atoms with Crippen molar-refractivity contribution in [3.8, 4) is 23.0 Å². The quantitative estimate of drug-likeness (QED) is 0.367. The van der Waals surface area contributed by atoms with Gasteiger partial charge in [0.05, 0.1) is 36.9 Å². The molecule has 4 rings (SSSR count). The standard InChI is InChI=1S/C27H29ClN2O7S/c1-29(16-18-13-24(34-2)27(36-4)25(14-18)35-3)26(31)17-37-23-10-9-20(15-21(23)28)38(32,33)30-12-11-19-7-5-6-8-22(19)30/h5-10,13-15H,11-12,16-17H2,1-4H3. The van der Waals surface area contributed by atoms with Crippen molar-refractivity contribution < 1.29 is 32.2 Å². The zero-order valence-electron chi connectivity index (χ0n) is 21.6. The van der Waals surface area contributed by atoms with Gasteiger partial charge in [0.15, 0.2) is 18.1 Å². The van der Waals surface area contributed by atoms with Gasteiger partial charge in [-0.15, -0.1) is 0 Å². The summed E-state index contributed by atoms with van der Waals surface area (Å²) in [7, 11) is 2.40. The van der Waals surface area contributed by atoms with Crippen LogP contribution in [0.4, 0.5) is 5.69 Å². The molecule has 0 atom stereocenters. The number of carbonyl (C=O) groups excluding carboxylic acids is 1. The maximum Gasteiger partial charge on any atom is 0.264 e. The molecule has 1 heterocycles. The van der Waals surface area contributed by atoms with Crippen molar-refractivity contribution in [2.75, 3.05) is 45.8 Å². The number of likely N-dealkylation sites (N-methyl/N-ethyl adjacent to an activating group) is 1. The zero-order chi connectivity index (χ0) is 27.4. The van der Waals surface area contributed by atoms with E-state index in [-0.39, 0.29) is 34.7 Å². The molecule has 1 aliphatic rings. The molecule has 0 bridgehead atoms. The molecule has 0 radical (unpaired) electrons. The summed E-state index contributed by atoms with van der Waals surface area (Å²) in [6, 6.07) is 15.2. The zero-order valence-corrected chi connectivity index (χ0v) is 23.1. The number of ether oxygens (including phenoxy) is 4. The molecular formula is C27H29ClN2O7S. The molecular weight excluding hydrogens is 532 g/mol. The Labute approximate surface area is 227 Å². The van der Waals surface area contributed by atoms with Gasteiger partial charge in [-0.3, -0.25) is 9.10 Å². The van der Waals surface area contributed by atoms with E-state index in [4.69, 9.17) is 30.5 Å². The number of anilines is 1. The smallest absolute Gasteiger partial charge is 0.264 e. The Morgan fingerprint density at radius 3 is 2.29 bits per heavy atom. The van der Waals surface area contributed by atoms with Crippen molar-refractivity contribution in [2.45, 2.75) is 17.9 Å². The third-order valence-corrected chi connectivity index (χ3v) is 8.36. The number of fused-ring (bicyclic) bond motifs is 1. The van der Waals surface area contributed by atoms with Crippen LogP contribution in [0.2, 0.25) is 5.02 Å². The molecule has 38 heavy (non-hydrogen) atoms. The molecule has 0 spiro atoms. The first-order valence-electron chi connectivity index (χ1n) is 11.8. The van der Waals surface area contributed by atoms with Crippen molar-refractivity contribution in [3.05, 3.63) is 70.7 Å². The number of hydrogen-bond acceptors (Lipinski definition) is 7. The SMILES string of the molecule is COc1cc(CN(C)C(=O)COc2ccc(S(=O)(=O)N3CCc4ccccc43)cc2Cl)cc(OC)c1OC. The second kappa shape index (κ2) is 11.4. The summed E-state index contributed by atoms with van der Waals surface area (Å²) in [6.45, 7) is 0.345. The van der Waals surface area contributed by atoms with Gasteiger partial charge < -0.3 is 23.8 Å². The largest absolute Gasteiger partial charge is 0.493 e. The molecule has 9 nitrogen and oxygen atoms in total. The second-order valence-electron chi connectivity index (χ2n) is 8.62. The number of carbonyl (C=O) groups is 1. The van der Waals surface area contributed by atoms with E-state index in [2.05, 4.69) is 0 Å². The van der Waals surface area contributed by atoms with Crippen molar-refractivity contribution in [1.29, 1.82) is 0 Å². The Morgan fingerprint density at radius 2 is 1.66 bits per heavy atom. The monoisotopic (exact) mass is 560 g/mol. The van der Waals surface area contributed by atoms with Crippen LogP contribution in [0.25, 0.3) is 0 Å². The first kappa shape index (κ1) is 27.4. The van der Waals surface area contributed by atoms with Gasteiger partial charge in [0.1, 0.15) is 5.75 Å². The summed E-state index contributed by atoms with van der Waals surface area (Å²) in [5.74, 6) is 1.34. The Bertz CT molecular complexity index is 1420. The molecule has 0 saturated carbocycles. The highest BCUT2D eigenvalue weighted by Gasteiger charge is 2.31. The number of benzene rings is 3. The van der Waals surface area contributed by atoms with E-state index in [0.29, 0.717) is 35.9 Å². The molecule has 1 aliphatic heterocycles. The number of amides is 1. The van der Waals surface area contributed by atoms with E-state index in [0.717, 1.165) is 11.1 Å². The summed E-state index contributed by atoms with van der Waals surface area (Å²) < 4.78 is 49.6. The number of rotatable bonds is 10. The minimum Gasteiger partial charge on any atom is -0.493 e. The predicted molar refractivity (Wildman–Crippen MR) is 144 cm³/mol. The van der Waals surface area contributed by atoms with E-state index in [1.54, 1.807) is 25.2 Å². The van der Waals surface area contributed by atoms with Gasteiger partial charge in [-0.2, -0.15) is 0 Å². The lowest BCUT2D eigenvalue weighted by Gasteiger charge is -2.21. The maximum absolute atomic E-state index is 13.3. The summed E-state index contributed by atoms with van der Waals surface area (Å²) in [4.78, 5) is 14.3. The van der Waals surface area contributed by atoms with E-state index in [9.17, 15) is 13.2 Å². The lowest BCUT2D eigenvalue weighted by atomic mass is 10.1. The fourth-order valence-corrected chi connectivity index (χ4v) is 6.11. The van der Waals surface area contributed by atoms with Gasteiger partial charge in [-0.25, -0.2) is 8.42 Å². The maximum atomic E-state index is 13.3. The number of halogens is 1. The van der Waals surface area contributed by atoms with Gasteiger partial charge in [0.25, 0.3) is 15.9 Å². The molecule has 0 saturated heterocycles. The average Bonchev–Trinajstić information content (AvgIpc) is 3.36.